The van der Waals surface area contributed by atoms with Gasteiger partial charge in [-0.25, -0.2) is 0 Å². The van der Waals surface area contributed by atoms with Crippen molar-refractivity contribution in [3.05, 3.63) is 0 Å². The summed E-state index contributed by atoms with van der Waals surface area (Å²) in [5.74, 6) is -1.07. The number of hydrogen-bond donors (Lipinski definition) is 1. The quantitative estimate of drug-likeness (QED) is 0.788. The monoisotopic (exact) mass is 254 g/mol. The van der Waals surface area contributed by atoms with Gasteiger partial charge in [0.15, 0.2) is 0 Å². The van der Waals surface area contributed by atoms with Crippen LogP contribution in [-0.4, -0.2) is 59.0 Å². The Balaban J connectivity index is 1.89. The topological polar surface area (TPSA) is 60.9 Å². The predicted molar refractivity (Wildman–Crippen MR) is 67.2 cm³/mol. The van der Waals surface area contributed by atoms with Gasteiger partial charge in [-0.3, -0.25) is 14.5 Å². The Hall–Kier alpha value is -1.10. The van der Waals surface area contributed by atoms with Gasteiger partial charge in [0.2, 0.25) is 5.91 Å². The highest BCUT2D eigenvalue weighted by Crippen LogP contribution is 2.27. The van der Waals surface area contributed by atoms with Crippen LogP contribution in [0.3, 0.4) is 0 Å². The SMILES string of the molecule is CC(CN1CC(C(=O)O)CCC1=O)N(C)C1CC1. The molecular formula is C13H22N2O3. The zero-order valence-corrected chi connectivity index (χ0v) is 11.1. The van der Waals surface area contributed by atoms with Gasteiger partial charge in [0, 0.05) is 31.6 Å². The maximum Gasteiger partial charge on any atom is 0.308 e. The molecule has 5 nitrogen and oxygen atoms in total. The van der Waals surface area contributed by atoms with E-state index in [4.69, 9.17) is 5.11 Å². The normalized spacial score (nSPS) is 26.5. The van der Waals surface area contributed by atoms with E-state index in [-0.39, 0.29) is 11.8 Å². The van der Waals surface area contributed by atoms with Crippen molar-refractivity contribution >= 4 is 11.9 Å². The fourth-order valence-corrected chi connectivity index (χ4v) is 2.58. The third-order valence-electron chi connectivity index (χ3n) is 4.15. The van der Waals surface area contributed by atoms with Crippen LogP contribution < -0.4 is 0 Å². The van der Waals surface area contributed by atoms with Crippen molar-refractivity contribution in [3.63, 3.8) is 0 Å². The van der Waals surface area contributed by atoms with Crippen molar-refractivity contribution in [1.29, 1.82) is 0 Å². The summed E-state index contributed by atoms with van der Waals surface area (Å²) >= 11 is 0. The van der Waals surface area contributed by atoms with E-state index in [2.05, 4.69) is 18.9 Å². The molecule has 0 radical (unpaired) electrons. The summed E-state index contributed by atoms with van der Waals surface area (Å²) in [5.41, 5.74) is 0. The minimum absolute atomic E-state index is 0.101. The van der Waals surface area contributed by atoms with Gasteiger partial charge in [-0.15, -0.1) is 0 Å². The van der Waals surface area contributed by atoms with Gasteiger partial charge in [0.25, 0.3) is 0 Å². The van der Waals surface area contributed by atoms with Gasteiger partial charge in [0.05, 0.1) is 5.92 Å². The molecule has 2 rings (SSSR count). The standard InChI is InChI=1S/C13H22N2O3/c1-9(14(2)11-4-5-11)7-15-8-10(13(17)18)3-6-12(15)16/h9-11H,3-8H2,1-2H3,(H,17,18). The first-order valence-corrected chi connectivity index (χ1v) is 6.71. The Morgan fingerprint density at radius 1 is 1.50 bits per heavy atom. The minimum Gasteiger partial charge on any atom is -0.481 e. The second-order valence-corrected chi connectivity index (χ2v) is 5.62. The summed E-state index contributed by atoms with van der Waals surface area (Å²) in [6.45, 7) is 3.13. The minimum atomic E-state index is -0.782. The van der Waals surface area contributed by atoms with E-state index in [9.17, 15) is 9.59 Å². The molecule has 0 spiro atoms. The summed E-state index contributed by atoms with van der Waals surface area (Å²) in [4.78, 5) is 26.8. The van der Waals surface area contributed by atoms with E-state index >= 15 is 0 Å². The molecule has 5 heteroatoms. The number of hydrogen-bond acceptors (Lipinski definition) is 3. The summed E-state index contributed by atoms with van der Waals surface area (Å²) in [6, 6.07) is 0.962. The highest BCUT2D eigenvalue weighted by molar-refractivity contribution is 5.80. The van der Waals surface area contributed by atoms with Crippen LogP contribution in [0.5, 0.6) is 0 Å². The van der Waals surface area contributed by atoms with Crippen LogP contribution in [0.2, 0.25) is 0 Å². The molecule has 18 heavy (non-hydrogen) atoms. The number of carbonyl (C=O) groups is 2. The van der Waals surface area contributed by atoms with E-state index in [0.717, 1.165) is 0 Å². The van der Waals surface area contributed by atoms with E-state index < -0.39 is 5.97 Å². The molecule has 1 aliphatic heterocycles. The third-order valence-corrected chi connectivity index (χ3v) is 4.15. The lowest BCUT2D eigenvalue weighted by molar-refractivity contribution is -0.147. The number of likely N-dealkylation sites (N-methyl/N-ethyl adjacent to an activating group) is 1. The van der Waals surface area contributed by atoms with Gasteiger partial charge >= 0.3 is 5.97 Å². The molecule has 2 unspecified atom stereocenters. The number of carboxylic acid groups (broad SMARTS) is 1. The third kappa shape index (κ3) is 3.02. The van der Waals surface area contributed by atoms with Crippen LogP contribution in [-0.2, 0) is 9.59 Å². The zero-order valence-electron chi connectivity index (χ0n) is 11.1. The highest BCUT2D eigenvalue weighted by atomic mass is 16.4. The Bertz CT molecular complexity index is 341. The average molecular weight is 254 g/mol. The molecule has 0 aromatic carbocycles. The molecule has 1 saturated heterocycles. The Morgan fingerprint density at radius 2 is 2.17 bits per heavy atom. The number of amides is 1. The molecule has 0 aromatic heterocycles. The first-order chi connectivity index (χ1) is 8.49. The van der Waals surface area contributed by atoms with Crippen molar-refractivity contribution in [2.24, 2.45) is 5.92 Å². The van der Waals surface area contributed by atoms with Crippen molar-refractivity contribution in [1.82, 2.24) is 9.80 Å². The summed E-state index contributed by atoms with van der Waals surface area (Å²) in [5, 5.41) is 9.04. The summed E-state index contributed by atoms with van der Waals surface area (Å²) in [6.07, 6.45) is 3.34. The number of rotatable bonds is 5. The van der Waals surface area contributed by atoms with Crippen LogP contribution in [0.25, 0.3) is 0 Å². The van der Waals surface area contributed by atoms with Gasteiger partial charge in [0.1, 0.15) is 0 Å². The van der Waals surface area contributed by atoms with Crippen LogP contribution >= 0.6 is 0 Å². The molecular weight excluding hydrogens is 232 g/mol. The molecule has 102 valence electrons. The Kier molecular flexibility index (Phi) is 3.90. The van der Waals surface area contributed by atoms with E-state index in [1.54, 1.807) is 4.90 Å². The fraction of sp³-hybridized carbons (Fsp3) is 0.846. The van der Waals surface area contributed by atoms with Crippen LogP contribution in [0.4, 0.5) is 0 Å². The smallest absolute Gasteiger partial charge is 0.308 e. The van der Waals surface area contributed by atoms with Gasteiger partial charge < -0.3 is 10.0 Å². The van der Waals surface area contributed by atoms with Gasteiger partial charge in [-0.05, 0) is 33.2 Å². The number of carboxylic acids is 1. The van der Waals surface area contributed by atoms with E-state index in [0.29, 0.717) is 38.0 Å². The lowest BCUT2D eigenvalue weighted by Gasteiger charge is -2.35. The summed E-state index contributed by atoms with van der Waals surface area (Å²) < 4.78 is 0. The van der Waals surface area contributed by atoms with Crippen molar-refractivity contribution in [2.45, 2.75) is 44.7 Å². The summed E-state index contributed by atoms with van der Waals surface area (Å²) in [7, 11) is 2.09. The molecule has 1 saturated carbocycles. The largest absolute Gasteiger partial charge is 0.481 e. The highest BCUT2D eigenvalue weighted by Gasteiger charge is 2.34. The number of nitrogens with zero attached hydrogens (tertiary/aromatic N) is 2. The van der Waals surface area contributed by atoms with Gasteiger partial charge in [-0.2, -0.15) is 0 Å². The molecule has 1 amide bonds. The van der Waals surface area contributed by atoms with Crippen LogP contribution in [0, 0.1) is 5.92 Å². The number of aliphatic carboxylic acids is 1. The first-order valence-electron chi connectivity index (χ1n) is 6.71. The van der Waals surface area contributed by atoms with Crippen LogP contribution in [0.1, 0.15) is 32.6 Å². The maximum absolute atomic E-state index is 11.8. The Morgan fingerprint density at radius 3 is 2.72 bits per heavy atom. The van der Waals surface area contributed by atoms with Crippen molar-refractivity contribution in [3.8, 4) is 0 Å². The lowest BCUT2D eigenvalue weighted by atomic mass is 9.97. The van der Waals surface area contributed by atoms with E-state index in [1.165, 1.54) is 12.8 Å². The molecule has 2 fully saturated rings. The number of piperidine rings is 1. The molecule has 2 atom stereocenters. The lowest BCUT2D eigenvalue weighted by Crippen LogP contribution is -2.48. The average Bonchev–Trinajstić information content (AvgIpc) is 3.14. The molecule has 0 aromatic rings. The molecule has 2 aliphatic rings. The van der Waals surface area contributed by atoms with E-state index in [1.807, 2.05) is 0 Å². The molecule has 1 heterocycles. The zero-order chi connectivity index (χ0) is 13.3. The molecule has 1 aliphatic carbocycles. The molecule has 1 N–H and O–H groups in total. The van der Waals surface area contributed by atoms with Crippen molar-refractivity contribution < 1.29 is 14.7 Å². The number of likely N-dealkylation sites (tertiary alicyclic amines) is 1. The second kappa shape index (κ2) is 5.26. The maximum atomic E-state index is 11.8. The fourth-order valence-electron chi connectivity index (χ4n) is 2.58. The molecule has 0 bridgehead atoms. The van der Waals surface area contributed by atoms with Gasteiger partial charge in [-0.1, -0.05) is 0 Å². The second-order valence-electron chi connectivity index (χ2n) is 5.62. The number of carbonyl (C=O) groups excluding carboxylic acids is 1. The Labute approximate surface area is 108 Å². The van der Waals surface area contributed by atoms with Crippen LogP contribution in [0.15, 0.2) is 0 Å². The first kappa shape index (κ1) is 13.3. The van der Waals surface area contributed by atoms with Crippen molar-refractivity contribution in [2.75, 3.05) is 20.1 Å². The predicted octanol–water partition coefficient (Wildman–Crippen LogP) is 0.792.